The maximum atomic E-state index is 5.06. The van der Waals surface area contributed by atoms with Gasteiger partial charge in [0.15, 0.2) is 0 Å². The lowest BCUT2D eigenvalue weighted by molar-refractivity contribution is 1.36. The van der Waals surface area contributed by atoms with Gasteiger partial charge in [-0.25, -0.2) is 0 Å². The summed E-state index contributed by atoms with van der Waals surface area (Å²) >= 11 is 5.06. The summed E-state index contributed by atoms with van der Waals surface area (Å²) < 4.78 is 0. The summed E-state index contributed by atoms with van der Waals surface area (Å²) in [5.74, 6) is 0. The lowest BCUT2D eigenvalue weighted by atomic mass is 10.1. The van der Waals surface area contributed by atoms with Crippen LogP contribution in [0, 0.1) is 6.92 Å². The molecule has 0 amide bonds. The van der Waals surface area contributed by atoms with Crippen molar-refractivity contribution < 1.29 is 0 Å². The van der Waals surface area contributed by atoms with E-state index in [1.807, 2.05) is 19.2 Å². The second-order valence-electron chi connectivity index (χ2n) is 3.59. The zero-order valence-electron chi connectivity index (χ0n) is 8.74. The largest absolute Gasteiger partial charge is 0.350 e. The Morgan fingerprint density at radius 3 is 2.93 bits per heavy atom. The van der Waals surface area contributed by atoms with Crippen molar-refractivity contribution in [3.8, 4) is 0 Å². The predicted molar refractivity (Wildman–Crippen MR) is 68.4 cm³/mol. The van der Waals surface area contributed by atoms with Gasteiger partial charge in [-0.05, 0) is 37.6 Å². The van der Waals surface area contributed by atoms with Crippen LogP contribution in [0.1, 0.15) is 12.5 Å². The van der Waals surface area contributed by atoms with Gasteiger partial charge in [0.25, 0.3) is 0 Å². The van der Waals surface area contributed by atoms with Gasteiger partial charge in [-0.1, -0.05) is 12.2 Å². The van der Waals surface area contributed by atoms with E-state index in [0.29, 0.717) is 0 Å². The van der Waals surface area contributed by atoms with E-state index in [2.05, 4.69) is 29.4 Å². The van der Waals surface area contributed by atoms with Crippen molar-refractivity contribution >= 4 is 33.7 Å². The Balaban J connectivity index is 2.65. The summed E-state index contributed by atoms with van der Waals surface area (Å²) in [7, 11) is 0. The number of pyridine rings is 1. The minimum atomic E-state index is 0.777. The maximum Gasteiger partial charge on any atom is 0.0765 e. The topological polar surface area (TPSA) is 24.9 Å². The lowest BCUT2D eigenvalue weighted by Crippen LogP contribution is -2.04. The van der Waals surface area contributed by atoms with E-state index in [9.17, 15) is 0 Å². The quantitative estimate of drug-likeness (QED) is 0.740. The normalized spacial score (nSPS) is 10.3. The number of benzene rings is 1. The predicted octanol–water partition coefficient (Wildman–Crippen LogP) is 3.30. The summed E-state index contributed by atoms with van der Waals surface area (Å²) in [6.45, 7) is 3.95. The molecule has 76 valence electrons. The van der Waals surface area contributed by atoms with Crippen LogP contribution in [0.5, 0.6) is 0 Å². The van der Waals surface area contributed by atoms with Gasteiger partial charge in [0.2, 0.25) is 0 Å². The first-order chi connectivity index (χ1) is 7.16. The Morgan fingerprint density at radius 1 is 1.40 bits per heavy atom. The fourth-order valence-electron chi connectivity index (χ4n) is 1.65. The van der Waals surface area contributed by atoms with Crippen LogP contribution in [0.3, 0.4) is 0 Å². The first-order valence-electron chi connectivity index (χ1n) is 4.79. The molecule has 0 aliphatic heterocycles. The van der Waals surface area contributed by atoms with Gasteiger partial charge < -0.3 is 5.32 Å². The Morgan fingerprint density at radius 2 is 2.20 bits per heavy atom. The molecule has 2 nitrogen and oxygen atoms in total. The third kappa shape index (κ3) is 2.13. The Bertz CT molecular complexity index is 520. The molecule has 0 fully saturated rings. The molecular weight excluding hydrogens is 204 g/mol. The van der Waals surface area contributed by atoms with Crippen molar-refractivity contribution in [2.24, 2.45) is 0 Å². The average Bonchev–Trinajstić information content (AvgIpc) is 2.16. The maximum absolute atomic E-state index is 5.06. The van der Waals surface area contributed by atoms with Gasteiger partial charge in [0, 0.05) is 28.9 Å². The molecule has 0 aliphatic rings. The number of anilines is 1. The highest BCUT2D eigenvalue weighted by Gasteiger charge is 2.02. The van der Waals surface area contributed by atoms with E-state index in [4.69, 9.17) is 12.2 Å². The number of hydrogen-bond acceptors (Lipinski definition) is 2. The van der Waals surface area contributed by atoms with Crippen LogP contribution in [0.2, 0.25) is 0 Å². The fourth-order valence-corrected chi connectivity index (χ4v) is 1.76. The summed E-state index contributed by atoms with van der Waals surface area (Å²) in [5.41, 5.74) is 2.26. The highest BCUT2D eigenvalue weighted by molar-refractivity contribution is 7.80. The molecule has 1 aromatic heterocycles. The average molecular weight is 216 g/mol. The van der Waals surface area contributed by atoms with E-state index in [1.165, 1.54) is 5.56 Å². The number of nitrogens with zero attached hydrogens (tertiary/aromatic N) is 1. The smallest absolute Gasteiger partial charge is 0.0765 e. The van der Waals surface area contributed by atoms with Crippen molar-refractivity contribution in [3.05, 3.63) is 36.2 Å². The highest BCUT2D eigenvalue weighted by Crippen LogP contribution is 2.24. The fraction of sp³-hybridized carbons (Fsp3) is 0.167. The number of rotatable bonds is 1. The molecule has 0 aliphatic carbocycles. The van der Waals surface area contributed by atoms with Crippen molar-refractivity contribution in [1.82, 2.24) is 4.98 Å². The molecule has 2 rings (SSSR count). The summed E-state index contributed by atoms with van der Waals surface area (Å²) in [5, 5.41) is 5.48. The molecule has 0 radical (unpaired) electrons. The van der Waals surface area contributed by atoms with Gasteiger partial charge in [-0.3, -0.25) is 4.98 Å². The van der Waals surface area contributed by atoms with Crippen LogP contribution in [-0.2, 0) is 0 Å². The van der Waals surface area contributed by atoms with Crippen molar-refractivity contribution in [3.63, 3.8) is 0 Å². The summed E-state index contributed by atoms with van der Waals surface area (Å²) in [4.78, 5) is 4.89. The first kappa shape index (κ1) is 10.1. The van der Waals surface area contributed by atoms with Gasteiger partial charge in [-0.2, -0.15) is 0 Å². The molecule has 0 saturated heterocycles. The van der Waals surface area contributed by atoms with Crippen LogP contribution >= 0.6 is 12.2 Å². The zero-order valence-corrected chi connectivity index (χ0v) is 9.56. The van der Waals surface area contributed by atoms with Crippen LogP contribution < -0.4 is 5.32 Å². The Kier molecular flexibility index (Phi) is 2.64. The molecule has 2 aromatic rings. The lowest BCUT2D eigenvalue weighted by Gasteiger charge is -2.09. The second kappa shape index (κ2) is 3.95. The monoisotopic (exact) mass is 216 g/mol. The van der Waals surface area contributed by atoms with Crippen molar-refractivity contribution in [1.29, 1.82) is 0 Å². The molecule has 1 N–H and O–H groups in total. The standard InChI is InChI=1S/C12H12N2S/c1-8-5-10-7-13-4-3-11(10)12(6-8)14-9(2)15/h3-7H,1-2H3,(H,14,15). The van der Waals surface area contributed by atoms with Gasteiger partial charge >= 0.3 is 0 Å². The minimum absolute atomic E-state index is 0.777. The number of hydrogen-bond donors (Lipinski definition) is 1. The van der Waals surface area contributed by atoms with Gasteiger partial charge in [0.1, 0.15) is 0 Å². The van der Waals surface area contributed by atoms with Crippen LogP contribution in [0.25, 0.3) is 10.8 Å². The zero-order chi connectivity index (χ0) is 10.8. The van der Waals surface area contributed by atoms with E-state index >= 15 is 0 Å². The van der Waals surface area contributed by atoms with E-state index in [0.717, 1.165) is 21.4 Å². The number of aromatic nitrogens is 1. The van der Waals surface area contributed by atoms with Crippen molar-refractivity contribution in [2.45, 2.75) is 13.8 Å². The number of aryl methyl sites for hydroxylation is 1. The van der Waals surface area contributed by atoms with Crippen LogP contribution in [0.4, 0.5) is 5.69 Å². The molecule has 1 heterocycles. The van der Waals surface area contributed by atoms with Gasteiger partial charge in [0.05, 0.1) is 4.99 Å². The first-order valence-corrected chi connectivity index (χ1v) is 5.19. The number of fused-ring (bicyclic) bond motifs is 1. The SMILES string of the molecule is CC(=S)Nc1cc(C)cc2cnccc12. The summed E-state index contributed by atoms with van der Waals surface area (Å²) in [6, 6.07) is 6.21. The van der Waals surface area contributed by atoms with Gasteiger partial charge in [-0.15, -0.1) is 0 Å². The summed E-state index contributed by atoms with van der Waals surface area (Å²) in [6.07, 6.45) is 3.66. The Labute approximate surface area is 94.3 Å². The van der Waals surface area contributed by atoms with E-state index in [1.54, 1.807) is 6.20 Å². The number of nitrogens with one attached hydrogen (secondary N) is 1. The molecule has 15 heavy (non-hydrogen) atoms. The third-order valence-electron chi connectivity index (χ3n) is 2.21. The minimum Gasteiger partial charge on any atom is -0.350 e. The molecule has 1 aromatic carbocycles. The number of thiocarbonyl (C=S) groups is 1. The van der Waals surface area contributed by atoms with E-state index < -0.39 is 0 Å². The third-order valence-corrected chi connectivity index (χ3v) is 2.31. The molecule has 0 bridgehead atoms. The second-order valence-corrected chi connectivity index (χ2v) is 4.20. The van der Waals surface area contributed by atoms with Crippen molar-refractivity contribution in [2.75, 3.05) is 5.32 Å². The molecule has 0 spiro atoms. The molecule has 0 saturated carbocycles. The van der Waals surface area contributed by atoms with E-state index in [-0.39, 0.29) is 0 Å². The van der Waals surface area contributed by atoms with Crippen LogP contribution in [0.15, 0.2) is 30.6 Å². The van der Waals surface area contributed by atoms with Crippen LogP contribution in [-0.4, -0.2) is 9.97 Å². The molecule has 0 unspecified atom stereocenters. The Hall–Kier alpha value is -1.48. The molecule has 0 atom stereocenters. The molecular formula is C12H12N2S. The molecule has 3 heteroatoms. The highest BCUT2D eigenvalue weighted by atomic mass is 32.1.